The number of carbonyl (C=O) groups is 1. The van der Waals surface area contributed by atoms with E-state index in [2.05, 4.69) is 0 Å². The third kappa shape index (κ3) is 2.94. The summed E-state index contributed by atoms with van der Waals surface area (Å²) in [6.45, 7) is -0.0661. The number of Topliss-reactive ketones (excluding diaryl/α,β-unsaturated/α-hetero) is 1. The van der Waals surface area contributed by atoms with Crippen molar-refractivity contribution in [3.05, 3.63) is 46.0 Å². The number of ketones is 1. The highest BCUT2D eigenvalue weighted by Gasteiger charge is 2.33. The molecule has 1 aromatic rings. The van der Waals surface area contributed by atoms with E-state index in [1.165, 1.54) is 0 Å². The zero-order valence-electron chi connectivity index (χ0n) is 10.2. The molecular weight excluding hydrogens is 230 g/mol. The zero-order valence-corrected chi connectivity index (χ0v) is 10.2. The first-order valence-corrected chi connectivity index (χ1v) is 6.38. The molecule has 4 nitrogen and oxygen atoms in total. The van der Waals surface area contributed by atoms with Gasteiger partial charge in [-0.15, -0.1) is 0 Å². The minimum Gasteiger partial charge on any atom is -0.299 e. The third-order valence-electron chi connectivity index (χ3n) is 3.69. The molecule has 1 aliphatic carbocycles. The molecule has 1 fully saturated rings. The van der Waals surface area contributed by atoms with Gasteiger partial charge in [-0.3, -0.25) is 14.9 Å². The molecule has 18 heavy (non-hydrogen) atoms. The van der Waals surface area contributed by atoms with Gasteiger partial charge in [0.05, 0.1) is 0 Å². The lowest BCUT2D eigenvalue weighted by Crippen LogP contribution is -2.20. The van der Waals surface area contributed by atoms with Gasteiger partial charge in [0, 0.05) is 23.7 Å². The number of benzene rings is 1. The molecule has 0 amide bonds. The summed E-state index contributed by atoms with van der Waals surface area (Å²) in [5.74, 6) is 0.256. The van der Waals surface area contributed by atoms with Crippen LogP contribution >= 0.6 is 0 Å². The van der Waals surface area contributed by atoms with Crippen molar-refractivity contribution in [2.75, 3.05) is 6.54 Å². The zero-order chi connectivity index (χ0) is 13.0. The Balaban J connectivity index is 2.17. The predicted molar refractivity (Wildman–Crippen MR) is 68.0 cm³/mol. The number of rotatable bonds is 5. The van der Waals surface area contributed by atoms with Gasteiger partial charge in [-0.25, -0.2) is 0 Å². The van der Waals surface area contributed by atoms with Crippen LogP contribution in [0.25, 0.3) is 0 Å². The van der Waals surface area contributed by atoms with Crippen molar-refractivity contribution in [1.82, 2.24) is 0 Å². The summed E-state index contributed by atoms with van der Waals surface area (Å²) >= 11 is 0. The van der Waals surface area contributed by atoms with Crippen LogP contribution < -0.4 is 0 Å². The largest absolute Gasteiger partial charge is 0.299 e. The average molecular weight is 247 g/mol. The molecule has 0 aliphatic heterocycles. The fraction of sp³-hybridized carbons (Fsp3) is 0.500. The predicted octanol–water partition coefficient (Wildman–Crippen LogP) is 2.81. The van der Waals surface area contributed by atoms with E-state index in [1.54, 1.807) is 0 Å². The van der Waals surface area contributed by atoms with Gasteiger partial charge in [0.1, 0.15) is 5.78 Å². The molecule has 0 unspecified atom stereocenters. The smallest absolute Gasteiger partial charge is 0.204 e. The molecule has 0 bridgehead atoms. The van der Waals surface area contributed by atoms with Gasteiger partial charge in [0.25, 0.3) is 0 Å². The van der Waals surface area contributed by atoms with E-state index in [9.17, 15) is 14.9 Å². The SMILES string of the molecule is O=C1CCC[C@H]1[C@@H](CC[N+](=O)[O-])c1ccccc1. The first-order chi connectivity index (χ1) is 8.68. The number of hydrogen-bond acceptors (Lipinski definition) is 3. The van der Waals surface area contributed by atoms with Gasteiger partial charge in [0.2, 0.25) is 6.54 Å². The van der Waals surface area contributed by atoms with Crippen LogP contribution in [-0.4, -0.2) is 17.3 Å². The van der Waals surface area contributed by atoms with Crippen LogP contribution in [0.5, 0.6) is 0 Å². The Hall–Kier alpha value is -1.71. The average Bonchev–Trinajstić information content (AvgIpc) is 2.77. The summed E-state index contributed by atoms with van der Waals surface area (Å²) in [6, 6.07) is 9.71. The van der Waals surface area contributed by atoms with E-state index in [4.69, 9.17) is 0 Å². The second kappa shape index (κ2) is 5.76. The first-order valence-electron chi connectivity index (χ1n) is 6.38. The number of carbonyl (C=O) groups excluding carboxylic acids is 1. The van der Waals surface area contributed by atoms with E-state index in [0.717, 1.165) is 18.4 Å². The van der Waals surface area contributed by atoms with E-state index < -0.39 is 0 Å². The minimum absolute atomic E-state index is 0.00611. The monoisotopic (exact) mass is 247 g/mol. The van der Waals surface area contributed by atoms with Crippen LogP contribution in [0.2, 0.25) is 0 Å². The molecule has 4 heteroatoms. The van der Waals surface area contributed by atoms with Crippen LogP contribution in [0.15, 0.2) is 30.3 Å². The van der Waals surface area contributed by atoms with E-state index >= 15 is 0 Å². The molecule has 0 N–H and O–H groups in total. The van der Waals surface area contributed by atoms with Gasteiger partial charge in [-0.05, 0) is 24.3 Å². The number of nitro groups is 1. The molecule has 0 spiro atoms. The molecule has 1 aromatic carbocycles. The Labute approximate surface area is 106 Å². The molecule has 96 valence electrons. The fourth-order valence-electron chi connectivity index (χ4n) is 2.81. The highest BCUT2D eigenvalue weighted by atomic mass is 16.6. The minimum atomic E-state index is -0.296. The van der Waals surface area contributed by atoms with Crippen molar-refractivity contribution >= 4 is 5.78 Å². The molecule has 0 heterocycles. The molecule has 2 rings (SSSR count). The second-order valence-electron chi connectivity index (χ2n) is 4.83. The highest BCUT2D eigenvalue weighted by molar-refractivity contribution is 5.83. The van der Waals surface area contributed by atoms with Crippen LogP contribution in [-0.2, 0) is 4.79 Å². The maximum atomic E-state index is 11.9. The van der Waals surface area contributed by atoms with Crippen molar-refractivity contribution in [3.63, 3.8) is 0 Å². The lowest BCUT2D eigenvalue weighted by Gasteiger charge is -2.21. The Morgan fingerprint density at radius 2 is 2.06 bits per heavy atom. The summed E-state index contributed by atoms with van der Waals surface area (Å²) in [4.78, 5) is 22.1. The van der Waals surface area contributed by atoms with Crippen LogP contribution in [0.3, 0.4) is 0 Å². The number of nitrogens with zero attached hydrogens (tertiary/aromatic N) is 1. The standard InChI is InChI=1S/C14H17NO3/c16-14-8-4-7-13(14)12(9-10-15(17)18)11-5-2-1-3-6-11/h1-3,5-6,12-13H,4,7-10H2/t12-,13-/m0/s1. The molecule has 0 saturated heterocycles. The summed E-state index contributed by atoms with van der Waals surface area (Å²) in [7, 11) is 0. The second-order valence-corrected chi connectivity index (χ2v) is 4.83. The lowest BCUT2D eigenvalue weighted by atomic mass is 9.82. The van der Waals surface area contributed by atoms with Crippen molar-refractivity contribution in [2.45, 2.75) is 31.6 Å². The normalized spacial score (nSPS) is 20.9. The van der Waals surface area contributed by atoms with Crippen LogP contribution in [0.1, 0.15) is 37.2 Å². The molecule has 0 aromatic heterocycles. The van der Waals surface area contributed by atoms with E-state index in [0.29, 0.717) is 12.8 Å². The Morgan fingerprint density at radius 3 is 2.61 bits per heavy atom. The van der Waals surface area contributed by atoms with Gasteiger partial charge in [0.15, 0.2) is 0 Å². The molecular formula is C14H17NO3. The van der Waals surface area contributed by atoms with Gasteiger partial charge in [-0.1, -0.05) is 30.3 Å². The van der Waals surface area contributed by atoms with Crippen molar-refractivity contribution in [1.29, 1.82) is 0 Å². The molecule has 1 aliphatic rings. The Bertz CT molecular complexity index is 430. The van der Waals surface area contributed by atoms with Gasteiger partial charge in [-0.2, -0.15) is 0 Å². The lowest BCUT2D eigenvalue weighted by molar-refractivity contribution is -0.481. The summed E-state index contributed by atoms with van der Waals surface area (Å²) in [5, 5.41) is 10.6. The fourth-order valence-corrected chi connectivity index (χ4v) is 2.81. The first kappa shape index (κ1) is 12.7. The highest BCUT2D eigenvalue weighted by Crippen LogP contribution is 2.37. The van der Waals surface area contributed by atoms with Crippen LogP contribution in [0.4, 0.5) is 0 Å². The maximum Gasteiger partial charge on any atom is 0.204 e. The summed E-state index contributed by atoms with van der Waals surface area (Å²) in [5.41, 5.74) is 1.06. The molecule has 2 atom stereocenters. The Morgan fingerprint density at radius 1 is 1.33 bits per heavy atom. The van der Waals surface area contributed by atoms with Crippen molar-refractivity contribution in [3.8, 4) is 0 Å². The Kier molecular flexibility index (Phi) is 4.07. The molecule has 1 saturated carbocycles. The van der Waals surface area contributed by atoms with Crippen molar-refractivity contribution in [2.24, 2.45) is 5.92 Å². The van der Waals surface area contributed by atoms with E-state index in [-0.39, 0.29) is 29.1 Å². The summed E-state index contributed by atoms with van der Waals surface area (Å²) in [6.07, 6.45) is 2.88. The third-order valence-corrected chi connectivity index (χ3v) is 3.69. The van der Waals surface area contributed by atoms with E-state index in [1.807, 2.05) is 30.3 Å². The quantitative estimate of drug-likeness (QED) is 0.593. The van der Waals surface area contributed by atoms with Gasteiger partial charge < -0.3 is 0 Å². The maximum absolute atomic E-state index is 11.9. The van der Waals surface area contributed by atoms with Gasteiger partial charge >= 0.3 is 0 Å². The van der Waals surface area contributed by atoms with Crippen molar-refractivity contribution < 1.29 is 9.72 Å². The molecule has 0 radical (unpaired) electrons. The summed E-state index contributed by atoms with van der Waals surface area (Å²) < 4.78 is 0. The topological polar surface area (TPSA) is 60.2 Å². The number of hydrogen-bond donors (Lipinski definition) is 0. The van der Waals surface area contributed by atoms with Crippen LogP contribution in [0, 0.1) is 16.0 Å².